The molecule has 0 unspecified atom stereocenters. The Morgan fingerprint density at radius 2 is 1.42 bits per heavy atom. The number of hydrogen-bond donors (Lipinski definition) is 0. The third-order valence-corrected chi connectivity index (χ3v) is 2.75. The molecule has 2 aromatic rings. The predicted octanol–water partition coefficient (Wildman–Crippen LogP) is 4.53. The molecule has 0 bridgehead atoms. The van der Waals surface area contributed by atoms with E-state index in [0.717, 1.165) is 11.1 Å². The molecule has 19 heavy (non-hydrogen) atoms. The number of carbonyl (C=O) groups excluding carboxylic acids is 1. The van der Waals surface area contributed by atoms with Crippen LogP contribution >= 0.6 is 0 Å². The largest absolute Gasteiger partial charge is 0.289 e. The van der Waals surface area contributed by atoms with Crippen LogP contribution in [0, 0.1) is 0 Å². The van der Waals surface area contributed by atoms with Gasteiger partial charge in [-0.25, -0.2) is 0 Å². The molecule has 0 aromatic heterocycles. The number of ketones is 1. The van der Waals surface area contributed by atoms with Crippen LogP contribution in [0.4, 0.5) is 0 Å². The molecule has 0 atom stereocenters. The topological polar surface area (TPSA) is 17.1 Å². The monoisotopic (exact) mass is 248 g/mol. The van der Waals surface area contributed by atoms with Crippen molar-refractivity contribution in [1.82, 2.24) is 0 Å². The SMILES string of the molecule is CC(=C/c1ccccc1)/C=C/C(=O)c1ccccc1. The molecule has 0 saturated heterocycles. The van der Waals surface area contributed by atoms with Crippen LogP contribution in [0.15, 0.2) is 78.4 Å². The van der Waals surface area contributed by atoms with E-state index in [1.54, 1.807) is 6.08 Å². The summed E-state index contributed by atoms with van der Waals surface area (Å²) in [4.78, 5) is 11.9. The van der Waals surface area contributed by atoms with Crippen molar-refractivity contribution in [3.8, 4) is 0 Å². The summed E-state index contributed by atoms with van der Waals surface area (Å²) in [6.07, 6.45) is 5.52. The Kier molecular flexibility index (Phi) is 4.46. The van der Waals surface area contributed by atoms with Crippen molar-refractivity contribution in [3.63, 3.8) is 0 Å². The van der Waals surface area contributed by atoms with E-state index in [1.165, 1.54) is 0 Å². The number of allylic oxidation sites excluding steroid dienone is 3. The molecule has 0 saturated carbocycles. The third-order valence-electron chi connectivity index (χ3n) is 2.75. The number of hydrogen-bond acceptors (Lipinski definition) is 1. The Morgan fingerprint density at radius 3 is 2.05 bits per heavy atom. The lowest BCUT2D eigenvalue weighted by atomic mass is 10.1. The Morgan fingerprint density at radius 1 is 0.842 bits per heavy atom. The summed E-state index contributed by atoms with van der Waals surface area (Å²) in [5, 5.41) is 0. The Balaban J connectivity index is 2.07. The van der Waals surface area contributed by atoms with Crippen LogP contribution < -0.4 is 0 Å². The lowest BCUT2D eigenvalue weighted by Gasteiger charge is -1.96. The van der Waals surface area contributed by atoms with Gasteiger partial charge in [0.05, 0.1) is 0 Å². The first-order valence-electron chi connectivity index (χ1n) is 6.26. The van der Waals surface area contributed by atoms with Gasteiger partial charge in [0.25, 0.3) is 0 Å². The van der Waals surface area contributed by atoms with Gasteiger partial charge in [0.1, 0.15) is 0 Å². The van der Waals surface area contributed by atoms with Gasteiger partial charge < -0.3 is 0 Å². The molecule has 0 heterocycles. The minimum absolute atomic E-state index is 0.0291. The third kappa shape index (κ3) is 4.07. The molecule has 0 aliphatic rings. The molecule has 1 heteroatoms. The zero-order valence-electron chi connectivity index (χ0n) is 10.9. The first-order valence-corrected chi connectivity index (χ1v) is 6.26. The number of benzene rings is 2. The highest BCUT2D eigenvalue weighted by Crippen LogP contribution is 2.08. The van der Waals surface area contributed by atoms with Crippen LogP contribution in [0.2, 0.25) is 0 Å². The van der Waals surface area contributed by atoms with Crippen LogP contribution in [-0.2, 0) is 0 Å². The number of rotatable bonds is 4. The summed E-state index contributed by atoms with van der Waals surface area (Å²) < 4.78 is 0. The molecule has 0 fully saturated rings. The van der Waals surface area contributed by atoms with Crippen LogP contribution in [-0.4, -0.2) is 5.78 Å². The molecular formula is C18H16O. The average Bonchev–Trinajstić information content (AvgIpc) is 2.47. The molecule has 2 aromatic carbocycles. The second-order valence-corrected chi connectivity index (χ2v) is 4.36. The fourth-order valence-corrected chi connectivity index (χ4v) is 1.77. The van der Waals surface area contributed by atoms with Crippen LogP contribution in [0.25, 0.3) is 6.08 Å². The maximum Gasteiger partial charge on any atom is 0.185 e. The van der Waals surface area contributed by atoms with Gasteiger partial charge in [-0.05, 0) is 18.6 Å². The average molecular weight is 248 g/mol. The zero-order valence-corrected chi connectivity index (χ0v) is 10.9. The highest BCUT2D eigenvalue weighted by molar-refractivity contribution is 6.04. The van der Waals surface area contributed by atoms with E-state index in [1.807, 2.05) is 73.7 Å². The zero-order chi connectivity index (χ0) is 13.5. The van der Waals surface area contributed by atoms with Crippen LogP contribution in [0.3, 0.4) is 0 Å². The molecule has 0 amide bonds. The summed E-state index contributed by atoms with van der Waals surface area (Å²) in [6, 6.07) is 19.3. The standard InChI is InChI=1S/C18H16O/c1-15(14-16-8-4-2-5-9-16)12-13-18(19)17-10-6-3-7-11-17/h2-14H,1H3/b13-12+,15-14-. The van der Waals surface area contributed by atoms with Gasteiger partial charge >= 0.3 is 0 Å². The van der Waals surface area contributed by atoms with Crippen molar-refractivity contribution >= 4 is 11.9 Å². The highest BCUT2D eigenvalue weighted by Gasteiger charge is 1.98. The molecular weight excluding hydrogens is 232 g/mol. The molecule has 0 spiro atoms. The van der Waals surface area contributed by atoms with Gasteiger partial charge in [-0.15, -0.1) is 0 Å². The lowest BCUT2D eigenvalue weighted by molar-refractivity contribution is 0.104. The lowest BCUT2D eigenvalue weighted by Crippen LogP contribution is -1.92. The Labute approximate surface area is 113 Å². The first kappa shape index (κ1) is 13.0. The fourth-order valence-electron chi connectivity index (χ4n) is 1.77. The van der Waals surface area contributed by atoms with Crippen molar-refractivity contribution in [2.24, 2.45) is 0 Å². The van der Waals surface area contributed by atoms with Gasteiger partial charge in [0.15, 0.2) is 5.78 Å². The van der Waals surface area contributed by atoms with Crippen molar-refractivity contribution < 1.29 is 4.79 Å². The fraction of sp³-hybridized carbons (Fsp3) is 0.0556. The van der Waals surface area contributed by atoms with Crippen LogP contribution in [0.5, 0.6) is 0 Å². The smallest absolute Gasteiger partial charge is 0.185 e. The minimum atomic E-state index is 0.0291. The maximum atomic E-state index is 11.9. The van der Waals surface area contributed by atoms with Gasteiger partial charge in [-0.2, -0.15) is 0 Å². The van der Waals surface area contributed by atoms with Crippen molar-refractivity contribution in [3.05, 3.63) is 89.5 Å². The van der Waals surface area contributed by atoms with Gasteiger partial charge in [0, 0.05) is 5.56 Å². The summed E-state index contributed by atoms with van der Waals surface area (Å²) in [7, 11) is 0. The molecule has 0 aliphatic carbocycles. The van der Waals surface area contributed by atoms with E-state index in [0.29, 0.717) is 5.56 Å². The highest BCUT2D eigenvalue weighted by atomic mass is 16.1. The summed E-state index contributed by atoms with van der Waals surface area (Å²) in [6.45, 7) is 1.99. The van der Waals surface area contributed by atoms with Crippen molar-refractivity contribution in [2.75, 3.05) is 0 Å². The Bertz CT molecular complexity index is 592. The molecule has 0 radical (unpaired) electrons. The van der Waals surface area contributed by atoms with E-state index in [4.69, 9.17) is 0 Å². The summed E-state index contributed by atoms with van der Waals surface area (Å²) in [5.74, 6) is 0.0291. The first-order chi connectivity index (χ1) is 9.25. The van der Waals surface area contributed by atoms with Crippen molar-refractivity contribution in [1.29, 1.82) is 0 Å². The Hall–Kier alpha value is -2.41. The molecule has 0 N–H and O–H groups in total. The van der Waals surface area contributed by atoms with Crippen LogP contribution in [0.1, 0.15) is 22.8 Å². The second kappa shape index (κ2) is 6.50. The number of carbonyl (C=O) groups is 1. The van der Waals surface area contributed by atoms with Gasteiger partial charge in [-0.1, -0.05) is 78.4 Å². The summed E-state index contributed by atoms with van der Waals surface area (Å²) in [5.41, 5.74) is 2.90. The van der Waals surface area contributed by atoms with E-state index >= 15 is 0 Å². The van der Waals surface area contributed by atoms with E-state index in [-0.39, 0.29) is 5.78 Å². The van der Waals surface area contributed by atoms with E-state index in [2.05, 4.69) is 6.08 Å². The van der Waals surface area contributed by atoms with Gasteiger partial charge in [0.2, 0.25) is 0 Å². The predicted molar refractivity (Wildman–Crippen MR) is 80.0 cm³/mol. The van der Waals surface area contributed by atoms with E-state index < -0.39 is 0 Å². The minimum Gasteiger partial charge on any atom is -0.289 e. The molecule has 2 rings (SSSR count). The van der Waals surface area contributed by atoms with Gasteiger partial charge in [-0.3, -0.25) is 4.79 Å². The summed E-state index contributed by atoms with van der Waals surface area (Å²) >= 11 is 0. The normalized spacial score (nSPS) is 11.7. The maximum absolute atomic E-state index is 11.9. The second-order valence-electron chi connectivity index (χ2n) is 4.36. The molecule has 0 aliphatic heterocycles. The van der Waals surface area contributed by atoms with E-state index in [9.17, 15) is 4.79 Å². The quantitative estimate of drug-likeness (QED) is 0.441. The van der Waals surface area contributed by atoms with Crippen molar-refractivity contribution in [2.45, 2.75) is 6.92 Å². The molecule has 94 valence electrons. The molecule has 1 nitrogen and oxygen atoms in total.